The van der Waals surface area contributed by atoms with E-state index >= 15 is 0 Å². The van der Waals surface area contributed by atoms with Crippen molar-refractivity contribution in [3.05, 3.63) is 60.2 Å². The number of nitrogens with one attached hydrogen (secondary N) is 1. The van der Waals surface area contributed by atoms with Crippen molar-refractivity contribution in [2.24, 2.45) is 11.8 Å². The molecule has 2 heterocycles. The molecule has 0 saturated carbocycles. The molecule has 1 N–H and O–H groups in total. The SMILES string of the molecule is CC(C)CN(CC(C)C)C(=O)Cn1c(C(C)NC(=O)c2ccccn2)nc2ccccc21. The number of pyridine rings is 1. The smallest absolute Gasteiger partial charge is 0.270 e. The average molecular weight is 436 g/mol. The maximum absolute atomic E-state index is 13.3. The minimum atomic E-state index is -0.395. The van der Waals surface area contributed by atoms with Gasteiger partial charge in [0, 0.05) is 19.3 Å². The van der Waals surface area contributed by atoms with Crippen LogP contribution < -0.4 is 5.32 Å². The lowest BCUT2D eigenvalue weighted by atomic mass is 10.1. The summed E-state index contributed by atoms with van der Waals surface area (Å²) in [7, 11) is 0. The third-order valence-corrected chi connectivity index (χ3v) is 5.13. The number of aromatic nitrogens is 3. The van der Waals surface area contributed by atoms with Gasteiger partial charge in [-0.2, -0.15) is 0 Å². The lowest BCUT2D eigenvalue weighted by Gasteiger charge is -2.27. The highest BCUT2D eigenvalue weighted by Gasteiger charge is 2.23. The Kier molecular flexibility index (Phi) is 7.62. The molecule has 1 aromatic carbocycles. The average Bonchev–Trinajstić information content (AvgIpc) is 3.12. The number of benzene rings is 1. The Labute approximate surface area is 189 Å². The van der Waals surface area contributed by atoms with Crippen LogP contribution in [0.2, 0.25) is 0 Å². The van der Waals surface area contributed by atoms with Gasteiger partial charge in [-0.25, -0.2) is 4.98 Å². The van der Waals surface area contributed by atoms with E-state index in [1.807, 2.05) is 40.7 Å². The molecule has 0 aliphatic carbocycles. The number of amides is 2. The van der Waals surface area contributed by atoms with Crippen molar-refractivity contribution in [1.82, 2.24) is 24.8 Å². The first-order valence-corrected chi connectivity index (χ1v) is 11.2. The fourth-order valence-electron chi connectivity index (χ4n) is 3.82. The molecular formula is C25H33N5O2. The zero-order chi connectivity index (χ0) is 23.3. The molecule has 0 aliphatic rings. The summed E-state index contributed by atoms with van der Waals surface area (Å²) < 4.78 is 1.93. The second-order valence-electron chi connectivity index (χ2n) is 9.04. The minimum Gasteiger partial charge on any atom is -0.341 e. The molecule has 0 bridgehead atoms. The summed E-state index contributed by atoms with van der Waals surface area (Å²) in [6.07, 6.45) is 1.59. The highest BCUT2D eigenvalue weighted by molar-refractivity contribution is 5.92. The summed E-state index contributed by atoms with van der Waals surface area (Å²) in [5.41, 5.74) is 2.02. The van der Waals surface area contributed by atoms with Crippen LogP contribution in [0.15, 0.2) is 48.7 Å². The van der Waals surface area contributed by atoms with Gasteiger partial charge in [0.2, 0.25) is 5.91 Å². The maximum atomic E-state index is 13.3. The predicted molar refractivity (Wildman–Crippen MR) is 126 cm³/mol. The number of rotatable bonds is 9. The molecule has 0 spiro atoms. The Morgan fingerprint density at radius 2 is 1.62 bits per heavy atom. The van der Waals surface area contributed by atoms with Gasteiger partial charge in [0.25, 0.3) is 5.91 Å². The predicted octanol–water partition coefficient (Wildman–Crippen LogP) is 4.06. The van der Waals surface area contributed by atoms with E-state index in [0.717, 1.165) is 11.0 Å². The largest absolute Gasteiger partial charge is 0.341 e. The number of fused-ring (bicyclic) bond motifs is 1. The van der Waals surface area contributed by atoms with E-state index in [1.165, 1.54) is 0 Å². The lowest BCUT2D eigenvalue weighted by Crippen LogP contribution is -2.39. The van der Waals surface area contributed by atoms with Crippen LogP contribution in [-0.4, -0.2) is 44.3 Å². The molecular weight excluding hydrogens is 402 g/mol. The number of nitrogens with zero attached hydrogens (tertiary/aromatic N) is 4. The van der Waals surface area contributed by atoms with Gasteiger partial charge < -0.3 is 14.8 Å². The molecule has 0 radical (unpaired) electrons. The zero-order valence-corrected chi connectivity index (χ0v) is 19.6. The van der Waals surface area contributed by atoms with Gasteiger partial charge in [0.15, 0.2) is 0 Å². The van der Waals surface area contributed by atoms with Crippen molar-refractivity contribution in [3.8, 4) is 0 Å². The van der Waals surface area contributed by atoms with Crippen LogP contribution in [0.25, 0.3) is 11.0 Å². The van der Waals surface area contributed by atoms with E-state index in [-0.39, 0.29) is 18.4 Å². The van der Waals surface area contributed by atoms with Crippen LogP contribution in [0.4, 0.5) is 0 Å². The van der Waals surface area contributed by atoms with E-state index < -0.39 is 6.04 Å². The topological polar surface area (TPSA) is 80.1 Å². The molecule has 1 unspecified atom stereocenters. The number of imidazole rings is 1. The van der Waals surface area contributed by atoms with E-state index in [9.17, 15) is 9.59 Å². The number of para-hydroxylation sites is 2. The summed E-state index contributed by atoms with van der Waals surface area (Å²) in [6.45, 7) is 12.0. The summed E-state index contributed by atoms with van der Waals surface area (Å²) in [4.78, 5) is 36.8. The van der Waals surface area contributed by atoms with Gasteiger partial charge in [-0.3, -0.25) is 14.6 Å². The Morgan fingerprint density at radius 3 is 2.25 bits per heavy atom. The van der Waals surface area contributed by atoms with Gasteiger partial charge in [0.1, 0.15) is 18.1 Å². The first kappa shape index (κ1) is 23.4. The monoisotopic (exact) mass is 435 g/mol. The number of hydrogen-bond donors (Lipinski definition) is 1. The Balaban J connectivity index is 1.89. The Hall–Kier alpha value is -3.22. The van der Waals surface area contributed by atoms with Crippen LogP contribution in [0.1, 0.15) is 57.0 Å². The first-order valence-electron chi connectivity index (χ1n) is 11.2. The third-order valence-electron chi connectivity index (χ3n) is 5.13. The molecule has 3 rings (SSSR count). The van der Waals surface area contributed by atoms with Crippen molar-refractivity contribution in [2.45, 2.75) is 47.2 Å². The summed E-state index contributed by atoms with van der Waals surface area (Å²) in [6, 6.07) is 12.6. The van der Waals surface area contributed by atoms with Crippen LogP contribution in [0, 0.1) is 11.8 Å². The van der Waals surface area contributed by atoms with Gasteiger partial charge in [-0.05, 0) is 43.0 Å². The van der Waals surface area contributed by atoms with Crippen molar-refractivity contribution >= 4 is 22.8 Å². The summed E-state index contributed by atoms with van der Waals surface area (Å²) in [5, 5.41) is 2.97. The molecule has 0 fully saturated rings. The van der Waals surface area contributed by atoms with Crippen molar-refractivity contribution in [1.29, 1.82) is 0 Å². The fourth-order valence-corrected chi connectivity index (χ4v) is 3.82. The second-order valence-corrected chi connectivity index (χ2v) is 9.04. The molecule has 1 atom stereocenters. The molecule has 7 heteroatoms. The van der Waals surface area contributed by atoms with Crippen molar-refractivity contribution in [2.75, 3.05) is 13.1 Å². The van der Waals surface area contributed by atoms with E-state index in [4.69, 9.17) is 4.98 Å². The highest BCUT2D eigenvalue weighted by atomic mass is 16.2. The lowest BCUT2D eigenvalue weighted by molar-refractivity contribution is -0.132. The van der Waals surface area contributed by atoms with E-state index in [2.05, 4.69) is 38.0 Å². The normalized spacial score (nSPS) is 12.3. The standard InChI is InChI=1S/C25H33N5O2/c1-17(2)14-29(15-18(3)4)23(31)16-30-22-12-7-6-10-20(22)28-24(30)19(5)27-25(32)21-11-8-9-13-26-21/h6-13,17-19H,14-16H2,1-5H3,(H,27,32). The van der Waals surface area contributed by atoms with Gasteiger partial charge in [-0.1, -0.05) is 45.9 Å². The molecule has 0 aliphatic heterocycles. The van der Waals surface area contributed by atoms with Crippen molar-refractivity contribution < 1.29 is 9.59 Å². The van der Waals surface area contributed by atoms with Crippen LogP contribution >= 0.6 is 0 Å². The van der Waals surface area contributed by atoms with Crippen LogP contribution in [0.3, 0.4) is 0 Å². The Morgan fingerprint density at radius 1 is 0.969 bits per heavy atom. The zero-order valence-electron chi connectivity index (χ0n) is 19.6. The number of carbonyl (C=O) groups is 2. The van der Waals surface area contributed by atoms with E-state index in [1.54, 1.807) is 24.4 Å². The third kappa shape index (κ3) is 5.72. The minimum absolute atomic E-state index is 0.0556. The van der Waals surface area contributed by atoms with Crippen molar-refractivity contribution in [3.63, 3.8) is 0 Å². The molecule has 3 aromatic rings. The quantitative estimate of drug-likeness (QED) is 0.550. The molecule has 7 nitrogen and oxygen atoms in total. The fraction of sp³-hybridized carbons (Fsp3) is 0.440. The van der Waals surface area contributed by atoms with Crippen LogP contribution in [-0.2, 0) is 11.3 Å². The van der Waals surface area contributed by atoms with Gasteiger partial charge >= 0.3 is 0 Å². The second kappa shape index (κ2) is 10.4. The molecule has 2 amide bonds. The Bertz CT molecular complexity index is 1050. The van der Waals surface area contributed by atoms with E-state index in [0.29, 0.717) is 36.4 Å². The molecule has 0 saturated heterocycles. The van der Waals surface area contributed by atoms with Gasteiger partial charge in [0.05, 0.1) is 17.1 Å². The number of carbonyl (C=O) groups excluding carboxylic acids is 2. The summed E-state index contributed by atoms with van der Waals surface area (Å²) >= 11 is 0. The molecule has 32 heavy (non-hydrogen) atoms. The first-order chi connectivity index (χ1) is 15.3. The highest BCUT2D eigenvalue weighted by Crippen LogP contribution is 2.22. The van der Waals surface area contributed by atoms with Gasteiger partial charge in [-0.15, -0.1) is 0 Å². The number of hydrogen-bond acceptors (Lipinski definition) is 4. The maximum Gasteiger partial charge on any atom is 0.270 e. The van der Waals surface area contributed by atoms with Crippen LogP contribution in [0.5, 0.6) is 0 Å². The molecule has 2 aromatic heterocycles. The molecule has 170 valence electrons. The summed E-state index contributed by atoms with van der Waals surface area (Å²) in [5.74, 6) is 1.20.